The molecule has 0 heterocycles. The van der Waals surface area contributed by atoms with E-state index in [9.17, 15) is 10.2 Å². The van der Waals surface area contributed by atoms with Gasteiger partial charge in [-0.1, -0.05) is 24.3 Å². The third-order valence-corrected chi connectivity index (χ3v) is 7.59. The van der Waals surface area contributed by atoms with Crippen LogP contribution in [0.2, 0.25) is 0 Å². The maximum Gasteiger partial charge on any atom is 0.161 e. The molecule has 4 aromatic rings. The number of methoxy groups -OCH3 is 4. The molecule has 0 amide bonds. The lowest BCUT2D eigenvalue weighted by Gasteiger charge is -2.20. The third kappa shape index (κ3) is 8.26. The highest BCUT2D eigenvalue weighted by Gasteiger charge is 2.19. The fraction of sp³-hybridized carbons (Fsp3) is 0.351. The van der Waals surface area contributed by atoms with Crippen LogP contribution in [-0.2, 0) is 19.3 Å². The second-order valence-electron chi connectivity index (χ2n) is 11.4. The van der Waals surface area contributed by atoms with Gasteiger partial charge in [0.2, 0.25) is 0 Å². The Balaban J connectivity index is 1.57. The van der Waals surface area contributed by atoms with Crippen molar-refractivity contribution in [1.82, 2.24) is 0 Å². The van der Waals surface area contributed by atoms with Gasteiger partial charge in [-0.15, -0.1) is 0 Å². The summed E-state index contributed by atoms with van der Waals surface area (Å²) in [6, 6.07) is 19.1. The van der Waals surface area contributed by atoms with E-state index >= 15 is 0 Å². The molecule has 8 heteroatoms. The van der Waals surface area contributed by atoms with Crippen LogP contribution in [0.4, 0.5) is 0 Å². The number of benzene rings is 4. The zero-order chi connectivity index (χ0) is 32.7. The first-order valence-corrected chi connectivity index (χ1v) is 14.9. The van der Waals surface area contributed by atoms with Crippen LogP contribution in [0, 0.1) is 13.8 Å². The van der Waals surface area contributed by atoms with Gasteiger partial charge in [0.25, 0.3) is 0 Å². The van der Waals surface area contributed by atoms with Gasteiger partial charge in [0.1, 0.15) is 12.2 Å². The molecule has 0 aromatic heterocycles. The largest absolute Gasteiger partial charge is 0.504 e. The van der Waals surface area contributed by atoms with Gasteiger partial charge in [-0.25, -0.2) is 0 Å². The predicted octanol–water partition coefficient (Wildman–Crippen LogP) is 7.36. The van der Waals surface area contributed by atoms with Crippen molar-refractivity contribution in [3.63, 3.8) is 0 Å². The van der Waals surface area contributed by atoms with Crippen LogP contribution >= 0.6 is 0 Å². The summed E-state index contributed by atoms with van der Waals surface area (Å²) in [6.07, 6.45) is 0.942. The van der Waals surface area contributed by atoms with E-state index in [-0.39, 0.29) is 30.1 Å². The van der Waals surface area contributed by atoms with Crippen molar-refractivity contribution in [2.24, 2.45) is 0 Å². The Morgan fingerprint density at radius 1 is 0.511 bits per heavy atom. The van der Waals surface area contributed by atoms with E-state index in [0.717, 1.165) is 22.3 Å². The summed E-state index contributed by atoms with van der Waals surface area (Å²) in [5.74, 6) is 3.40. The molecule has 240 valence electrons. The summed E-state index contributed by atoms with van der Waals surface area (Å²) in [6.45, 7) is 7.96. The van der Waals surface area contributed by atoms with Crippen molar-refractivity contribution < 1.29 is 38.6 Å². The lowest BCUT2D eigenvalue weighted by Crippen LogP contribution is -2.16. The molecule has 4 aromatic carbocycles. The molecule has 2 atom stereocenters. The van der Waals surface area contributed by atoms with Crippen molar-refractivity contribution >= 4 is 0 Å². The zero-order valence-electron chi connectivity index (χ0n) is 27.4. The summed E-state index contributed by atoms with van der Waals surface area (Å²) < 4.78 is 34.5. The Kier molecular flexibility index (Phi) is 10.9. The van der Waals surface area contributed by atoms with Gasteiger partial charge in [-0.2, -0.15) is 0 Å². The number of aromatic hydroxyl groups is 2. The number of aryl methyl sites for hydroxylation is 2. The first-order chi connectivity index (χ1) is 21.5. The Hall–Kier alpha value is -4.72. The number of phenolic OH excluding ortho intramolecular Hbond substituents is 2. The number of hydrogen-bond donors (Lipinski definition) is 2. The van der Waals surface area contributed by atoms with Crippen molar-refractivity contribution in [2.75, 3.05) is 28.4 Å². The minimum absolute atomic E-state index is 0.0157. The summed E-state index contributed by atoms with van der Waals surface area (Å²) in [4.78, 5) is 0. The van der Waals surface area contributed by atoms with Crippen LogP contribution in [0.15, 0.2) is 60.7 Å². The molecular weight excluding hydrogens is 572 g/mol. The zero-order valence-corrected chi connectivity index (χ0v) is 27.4. The van der Waals surface area contributed by atoms with E-state index in [1.165, 1.54) is 14.2 Å². The van der Waals surface area contributed by atoms with E-state index in [1.54, 1.807) is 26.4 Å². The molecule has 0 saturated carbocycles. The number of ether oxygens (including phenoxy) is 6. The molecule has 0 saturated heterocycles. The molecule has 4 rings (SSSR count). The quantitative estimate of drug-likeness (QED) is 0.152. The van der Waals surface area contributed by atoms with Gasteiger partial charge in [-0.3, -0.25) is 0 Å². The van der Waals surface area contributed by atoms with Crippen molar-refractivity contribution in [1.29, 1.82) is 0 Å². The maximum atomic E-state index is 11.1. The topological polar surface area (TPSA) is 95.8 Å². The van der Waals surface area contributed by atoms with E-state index < -0.39 is 0 Å². The van der Waals surface area contributed by atoms with E-state index in [4.69, 9.17) is 28.4 Å². The first kappa shape index (κ1) is 33.2. The van der Waals surface area contributed by atoms with Crippen molar-refractivity contribution in [2.45, 2.75) is 59.2 Å². The van der Waals surface area contributed by atoms with Crippen molar-refractivity contribution in [3.05, 3.63) is 94.0 Å². The van der Waals surface area contributed by atoms with Crippen LogP contribution in [0.1, 0.15) is 47.2 Å². The molecule has 2 N–H and O–H groups in total. The average molecular weight is 617 g/mol. The van der Waals surface area contributed by atoms with E-state index in [0.29, 0.717) is 58.5 Å². The highest BCUT2D eigenvalue weighted by atomic mass is 16.5. The van der Waals surface area contributed by atoms with Gasteiger partial charge in [0, 0.05) is 30.4 Å². The standard InChI is InChI=1S/C37H44O8/c1-22-9-11-30(32(13-22)40-5)44-24(3)15-26-17-28(36(38)34(19-26)42-7)21-29-18-27(20-35(43-8)37(29)39)16-25(4)45-31-12-10-23(2)14-33(31)41-6/h9-14,17-20,24-25,38-39H,15-16,21H2,1-8H3. The lowest BCUT2D eigenvalue weighted by atomic mass is 9.95. The smallest absolute Gasteiger partial charge is 0.161 e. The Bertz CT molecular complexity index is 1490. The van der Waals surface area contributed by atoms with Crippen LogP contribution in [0.25, 0.3) is 0 Å². The number of phenols is 2. The second kappa shape index (κ2) is 14.8. The van der Waals surface area contributed by atoms with Gasteiger partial charge >= 0.3 is 0 Å². The van der Waals surface area contributed by atoms with Crippen LogP contribution in [0.5, 0.6) is 46.0 Å². The molecule has 0 bridgehead atoms. The Morgan fingerprint density at radius 2 is 0.889 bits per heavy atom. The van der Waals surface area contributed by atoms with Crippen molar-refractivity contribution in [3.8, 4) is 46.0 Å². The lowest BCUT2D eigenvalue weighted by molar-refractivity contribution is 0.211. The molecule has 0 aliphatic carbocycles. The summed E-state index contributed by atoms with van der Waals surface area (Å²) in [5, 5.41) is 22.2. The van der Waals surface area contributed by atoms with Gasteiger partial charge < -0.3 is 38.6 Å². The van der Waals surface area contributed by atoms with Crippen LogP contribution in [-0.4, -0.2) is 50.9 Å². The Labute approximate surface area is 266 Å². The van der Waals surface area contributed by atoms with Crippen LogP contribution < -0.4 is 28.4 Å². The molecule has 0 spiro atoms. The predicted molar refractivity (Wildman–Crippen MR) is 175 cm³/mol. The van der Waals surface area contributed by atoms with Gasteiger partial charge in [-0.05, 0) is 86.3 Å². The average Bonchev–Trinajstić information content (AvgIpc) is 3.01. The minimum Gasteiger partial charge on any atom is -0.504 e. The van der Waals surface area contributed by atoms with E-state index in [2.05, 4.69) is 0 Å². The minimum atomic E-state index is -0.200. The SMILES string of the molecule is COc1cc(C)ccc1OC(C)Cc1cc(Cc2cc(CC(C)Oc3ccc(C)cc3OC)cc(OC)c2O)c(O)c(OC)c1. The fourth-order valence-electron chi connectivity index (χ4n) is 5.40. The van der Waals surface area contributed by atoms with Gasteiger partial charge in [0.05, 0.1) is 28.4 Å². The monoisotopic (exact) mass is 616 g/mol. The number of hydrogen-bond acceptors (Lipinski definition) is 8. The van der Waals surface area contributed by atoms with Gasteiger partial charge in [0.15, 0.2) is 46.0 Å². The molecule has 0 aliphatic rings. The van der Waals surface area contributed by atoms with Crippen LogP contribution in [0.3, 0.4) is 0 Å². The fourth-order valence-corrected chi connectivity index (χ4v) is 5.40. The molecule has 0 fully saturated rings. The summed E-state index contributed by atoms with van der Waals surface area (Å²) in [5.41, 5.74) is 5.19. The second-order valence-corrected chi connectivity index (χ2v) is 11.4. The van der Waals surface area contributed by atoms with E-state index in [1.807, 2.05) is 76.2 Å². The maximum absolute atomic E-state index is 11.1. The molecule has 0 aliphatic heterocycles. The first-order valence-electron chi connectivity index (χ1n) is 14.9. The molecule has 0 radical (unpaired) electrons. The highest BCUT2D eigenvalue weighted by Crippen LogP contribution is 2.39. The summed E-state index contributed by atoms with van der Waals surface area (Å²) >= 11 is 0. The Morgan fingerprint density at radius 3 is 1.24 bits per heavy atom. The number of rotatable bonds is 14. The molecule has 2 unspecified atom stereocenters. The summed E-state index contributed by atoms with van der Waals surface area (Å²) in [7, 11) is 6.28. The normalized spacial score (nSPS) is 12.3. The highest BCUT2D eigenvalue weighted by molar-refractivity contribution is 5.55. The third-order valence-electron chi connectivity index (χ3n) is 7.59. The molecule has 45 heavy (non-hydrogen) atoms. The molecule has 8 nitrogen and oxygen atoms in total. The molecular formula is C37H44O8.